The number of halogens is 2. The van der Waals surface area contributed by atoms with Crippen LogP contribution in [0, 0.1) is 0 Å². The molecule has 1 aliphatic heterocycles. The molecule has 1 fully saturated rings. The number of carbonyl (C=O) groups excluding carboxylic acids is 1. The maximum absolute atomic E-state index is 12.8. The van der Waals surface area contributed by atoms with Gasteiger partial charge in [-0.2, -0.15) is 0 Å². The van der Waals surface area contributed by atoms with Gasteiger partial charge in [0.15, 0.2) is 0 Å². The summed E-state index contributed by atoms with van der Waals surface area (Å²) in [7, 11) is 3.13. The molecule has 2 aromatic carbocycles. The van der Waals surface area contributed by atoms with Crippen LogP contribution in [0.4, 0.5) is 5.69 Å². The van der Waals surface area contributed by atoms with Crippen LogP contribution < -0.4 is 14.4 Å². The average molecular weight is 395 g/mol. The molecule has 7 heteroatoms. The molecular formula is C19H20Cl2N2O3. The zero-order chi connectivity index (χ0) is 18.7. The van der Waals surface area contributed by atoms with Crippen LogP contribution in [0.25, 0.3) is 0 Å². The molecule has 0 spiro atoms. The second-order valence-corrected chi connectivity index (χ2v) is 6.88. The molecule has 3 rings (SSSR count). The van der Waals surface area contributed by atoms with Gasteiger partial charge in [-0.15, -0.1) is 0 Å². The number of ether oxygens (including phenoxy) is 2. The van der Waals surface area contributed by atoms with Gasteiger partial charge in [0, 0.05) is 53.5 Å². The van der Waals surface area contributed by atoms with E-state index in [1.807, 2.05) is 17.0 Å². The van der Waals surface area contributed by atoms with E-state index in [2.05, 4.69) is 4.90 Å². The minimum atomic E-state index is -0.0361. The Hall–Kier alpha value is -2.11. The number of hydrogen-bond acceptors (Lipinski definition) is 4. The fourth-order valence-electron chi connectivity index (χ4n) is 3.00. The molecule has 0 bridgehead atoms. The van der Waals surface area contributed by atoms with Crippen molar-refractivity contribution >= 4 is 34.8 Å². The summed E-state index contributed by atoms with van der Waals surface area (Å²) in [6, 6.07) is 10.7. The molecule has 0 N–H and O–H groups in total. The van der Waals surface area contributed by atoms with Crippen molar-refractivity contribution in [2.45, 2.75) is 0 Å². The summed E-state index contributed by atoms with van der Waals surface area (Å²) in [4.78, 5) is 16.8. The predicted octanol–water partition coefficient (Wildman–Crippen LogP) is 3.97. The van der Waals surface area contributed by atoms with Gasteiger partial charge in [-0.05, 0) is 30.3 Å². The third-order valence-electron chi connectivity index (χ3n) is 4.38. The number of amides is 1. The minimum Gasteiger partial charge on any atom is -0.497 e. The first-order chi connectivity index (χ1) is 12.5. The summed E-state index contributed by atoms with van der Waals surface area (Å²) in [5.74, 6) is 1.16. The van der Waals surface area contributed by atoms with Gasteiger partial charge in [0.1, 0.15) is 11.5 Å². The van der Waals surface area contributed by atoms with Crippen LogP contribution in [0.1, 0.15) is 10.4 Å². The highest BCUT2D eigenvalue weighted by molar-refractivity contribution is 6.35. The van der Waals surface area contributed by atoms with Crippen LogP contribution in [0.5, 0.6) is 11.5 Å². The van der Waals surface area contributed by atoms with Gasteiger partial charge in [-0.1, -0.05) is 23.2 Å². The summed E-state index contributed by atoms with van der Waals surface area (Å²) in [5, 5.41) is 1.21. The van der Waals surface area contributed by atoms with E-state index in [0.29, 0.717) is 53.3 Å². The first-order valence-corrected chi connectivity index (χ1v) is 8.99. The molecule has 1 aliphatic rings. The summed E-state index contributed by atoms with van der Waals surface area (Å²) in [5.41, 5.74) is 1.53. The van der Waals surface area contributed by atoms with E-state index in [4.69, 9.17) is 32.7 Å². The van der Waals surface area contributed by atoms with Crippen molar-refractivity contribution in [3.63, 3.8) is 0 Å². The molecule has 1 amide bonds. The highest BCUT2D eigenvalue weighted by atomic mass is 35.5. The molecule has 1 saturated heterocycles. The predicted molar refractivity (Wildman–Crippen MR) is 104 cm³/mol. The monoisotopic (exact) mass is 394 g/mol. The third-order valence-corrected chi connectivity index (χ3v) is 4.81. The maximum atomic E-state index is 12.8. The van der Waals surface area contributed by atoms with Crippen molar-refractivity contribution in [3.05, 3.63) is 52.0 Å². The SMILES string of the molecule is COc1cc(OC)cc(C(=O)N2CCN(c3cc(Cl)cc(Cl)c3)CC2)c1. The number of benzene rings is 2. The number of piperazine rings is 1. The standard InChI is InChI=1S/C19H20Cl2N2O3/c1-25-17-7-13(8-18(12-17)26-2)19(24)23-5-3-22(4-6-23)16-10-14(20)9-15(21)11-16/h7-12H,3-6H2,1-2H3. The van der Waals surface area contributed by atoms with Gasteiger partial charge in [-0.25, -0.2) is 0 Å². The molecule has 0 unspecified atom stereocenters. The molecule has 1 heterocycles. The van der Waals surface area contributed by atoms with Crippen LogP contribution in [0.15, 0.2) is 36.4 Å². The van der Waals surface area contributed by atoms with E-state index in [-0.39, 0.29) is 5.91 Å². The topological polar surface area (TPSA) is 42.0 Å². The normalized spacial score (nSPS) is 14.3. The van der Waals surface area contributed by atoms with Crippen molar-refractivity contribution in [2.75, 3.05) is 45.3 Å². The van der Waals surface area contributed by atoms with Crippen molar-refractivity contribution in [3.8, 4) is 11.5 Å². The Balaban J connectivity index is 1.70. The Labute approximate surface area is 163 Å². The Morgan fingerprint density at radius 2 is 1.38 bits per heavy atom. The molecule has 0 saturated carbocycles. The largest absolute Gasteiger partial charge is 0.497 e. The second-order valence-electron chi connectivity index (χ2n) is 6.01. The molecular weight excluding hydrogens is 375 g/mol. The van der Waals surface area contributed by atoms with Crippen molar-refractivity contribution in [1.82, 2.24) is 4.90 Å². The van der Waals surface area contributed by atoms with E-state index in [9.17, 15) is 4.79 Å². The second kappa shape index (κ2) is 8.06. The van der Waals surface area contributed by atoms with Gasteiger partial charge in [0.25, 0.3) is 5.91 Å². The molecule has 5 nitrogen and oxygen atoms in total. The highest BCUT2D eigenvalue weighted by Crippen LogP contribution is 2.27. The summed E-state index contributed by atoms with van der Waals surface area (Å²) >= 11 is 12.2. The van der Waals surface area contributed by atoms with Gasteiger partial charge in [-0.3, -0.25) is 4.79 Å². The lowest BCUT2D eigenvalue weighted by atomic mass is 10.1. The lowest BCUT2D eigenvalue weighted by molar-refractivity contribution is 0.0746. The maximum Gasteiger partial charge on any atom is 0.254 e. The average Bonchev–Trinajstić information content (AvgIpc) is 2.66. The molecule has 0 atom stereocenters. The Morgan fingerprint density at radius 1 is 0.846 bits per heavy atom. The van der Waals surface area contributed by atoms with Crippen molar-refractivity contribution in [2.24, 2.45) is 0 Å². The van der Waals surface area contributed by atoms with Crippen LogP contribution in [-0.4, -0.2) is 51.2 Å². The van der Waals surface area contributed by atoms with Gasteiger partial charge >= 0.3 is 0 Å². The van der Waals surface area contributed by atoms with Gasteiger partial charge < -0.3 is 19.3 Å². The number of methoxy groups -OCH3 is 2. The lowest BCUT2D eigenvalue weighted by Gasteiger charge is -2.36. The number of carbonyl (C=O) groups is 1. The Morgan fingerprint density at radius 3 is 1.88 bits per heavy atom. The fraction of sp³-hybridized carbons (Fsp3) is 0.316. The molecule has 2 aromatic rings. The van der Waals surface area contributed by atoms with Crippen LogP contribution in [0.2, 0.25) is 10.0 Å². The number of rotatable bonds is 4. The zero-order valence-corrected chi connectivity index (χ0v) is 16.2. The van der Waals surface area contributed by atoms with Crippen LogP contribution in [-0.2, 0) is 0 Å². The number of hydrogen-bond donors (Lipinski definition) is 0. The molecule has 0 radical (unpaired) electrons. The minimum absolute atomic E-state index is 0.0361. The van der Waals surface area contributed by atoms with E-state index in [1.165, 1.54) is 0 Å². The van der Waals surface area contributed by atoms with Crippen molar-refractivity contribution in [1.29, 1.82) is 0 Å². The molecule has 0 aliphatic carbocycles. The quantitative estimate of drug-likeness (QED) is 0.786. The third kappa shape index (κ3) is 4.17. The zero-order valence-electron chi connectivity index (χ0n) is 14.7. The molecule has 138 valence electrons. The smallest absolute Gasteiger partial charge is 0.254 e. The summed E-state index contributed by atoms with van der Waals surface area (Å²) in [6.07, 6.45) is 0. The van der Waals surface area contributed by atoms with E-state index in [1.54, 1.807) is 38.5 Å². The van der Waals surface area contributed by atoms with E-state index < -0.39 is 0 Å². The van der Waals surface area contributed by atoms with E-state index >= 15 is 0 Å². The summed E-state index contributed by atoms with van der Waals surface area (Å²) < 4.78 is 10.5. The molecule has 0 aromatic heterocycles. The number of nitrogens with zero attached hydrogens (tertiary/aromatic N) is 2. The van der Waals surface area contributed by atoms with Crippen LogP contribution >= 0.6 is 23.2 Å². The molecule has 26 heavy (non-hydrogen) atoms. The highest BCUT2D eigenvalue weighted by Gasteiger charge is 2.23. The van der Waals surface area contributed by atoms with E-state index in [0.717, 1.165) is 5.69 Å². The Bertz CT molecular complexity index is 763. The number of anilines is 1. The van der Waals surface area contributed by atoms with Gasteiger partial charge in [0.2, 0.25) is 0 Å². The van der Waals surface area contributed by atoms with Crippen molar-refractivity contribution < 1.29 is 14.3 Å². The first-order valence-electron chi connectivity index (χ1n) is 8.23. The fourth-order valence-corrected chi connectivity index (χ4v) is 3.52. The first kappa shape index (κ1) is 18.7. The lowest BCUT2D eigenvalue weighted by Crippen LogP contribution is -2.48. The summed E-state index contributed by atoms with van der Waals surface area (Å²) in [6.45, 7) is 2.65. The van der Waals surface area contributed by atoms with Gasteiger partial charge in [0.05, 0.1) is 14.2 Å². The van der Waals surface area contributed by atoms with Crippen LogP contribution in [0.3, 0.4) is 0 Å². The Kier molecular flexibility index (Phi) is 5.79.